The number of fused-ring (bicyclic) bond motifs is 1. The Morgan fingerprint density at radius 3 is 2.20 bits per heavy atom. The Hall–Kier alpha value is -1.69. The number of Topliss-reactive ketones (excluding diaryl/α,β-unsaturated/α-hetero) is 1. The second-order valence-electron chi connectivity index (χ2n) is 4.85. The minimum absolute atomic E-state index is 0.0650. The van der Waals surface area contributed by atoms with Crippen molar-refractivity contribution >= 4 is 28.9 Å². The number of hydrogen-bond acceptors (Lipinski definition) is 2. The lowest BCUT2D eigenvalue weighted by Crippen LogP contribution is -2.09. The zero-order valence-corrected chi connectivity index (χ0v) is 16.4. The van der Waals surface area contributed by atoms with Gasteiger partial charge in [-0.15, -0.1) is 0 Å². The van der Waals surface area contributed by atoms with E-state index in [1.54, 1.807) is 13.0 Å². The topological polar surface area (TPSA) is 32.9 Å². The van der Waals surface area contributed by atoms with Crippen LogP contribution in [0.4, 0.5) is 13.2 Å². The number of halogens is 3. The molecule has 2 nitrogen and oxygen atoms in total. The molecule has 2 rings (SSSR count). The third-order valence-corrected chi connectivity index (χ3v) is 3.68. The average molecular weight is 373 g/mol. The summed E-state index contributed by atoms with van der Waals surface area (Å²) in [4.78, 5) is 14.7. The van der Waals surface area contributed by atoms with Crippen LogP contribution in [0.25, 0.3) is 10.9 Å². The number of aryl methyl sites for hydroxylation is 1. The molecule has 1 aromatic heterocycles. The molecule has 0 saturated heterocycles. The first-order valence-electron chi connectivity index (χ1n) is 8.53. The minimum Gasteiger partial charge on any atom is -0.345 e. The van der Waals surface area contributed by atoms with Crippen LogP contribution in [0.15, 0.2) is 18.2 Å². The Kier molecular flexibility index (Phi) is 9.64. The number of para-hydroxylation sites is 1. The molecule has 0 bridgehead atoms. The minimum atomic E-state index is -4.47. The second kappa shape index (κ2) is 10.3. The normalized spacial score (nSPS) is 10.4. The van der Waals surface area contributed by atoms with Crippen molar-refractivity contribution in [3.8, 4) is 0 Å². The summed E-state index contributed by atoms with van der Waals surface area (Å²) in [6.07, 6.45) is -3.49. The van der Waals surface area contributed by atoms with Crippen LogP contribution < -0.4 is 0 Å². The largest absolute Gasteiger partial charge is 0.418 e. The third kappa shape index (κ3) is 5.39. The molecule has 140 valence electrons. The Bertz CT molecular complexity index is 764. The Morgan fingerprint density at radius 2 is 1.72 bits per heavy atom. The number of benzene rings is 1. The quantitative estimate of drug-likeness (QED) is 0.453. The van der Waals surface area contributed by atoms with Crippen LogP contribution in [-0.4, -0.2) is 10.8 Å². The first kappa shape index (κ1) is 23.3. The number of pyridine rings is 1. The summed E-state index contributed by atoms with van der Waals surface area (Å²) in [5.74, 6) is -0.143. The highest BCUT2D eigenvalue weighted by molar-refractivity contribution is 7.71. The standard InChI is InChI=1S/C15H14F3NOS.2C2H6/c1-3-5-11(20)12-8(2)9-6-4-7-10(15(16,17)18)13(9)19-14(12)21;2*1-2/h4,6-7H,3,5H2,1-2H3,(H,19,21);2*1-2H3. The van der Waals surface area contributed by atoms with Crippen molar-refractivity contribution in [2.24, 2.45) is 0 Å². The molecule has 25 heavy (non-hydrogen) atoms. The fourth-order valence-electron chi connectivity index (χ4n) is 2.40. The van der Waals surface area contributed by atoms with Gasteiger partial charge in [0.05, 0.1) is 16.6 Å². The van der Waals surface area contributed by atoms with E-state index in [4.69, 9.17) is 12.2 Å². The lowest BCUT2D eigenvalue weighted by Gasteiger charge is -2.14. The number of hydrogen-bond donors (Lipinski definition) is 1. The number of carbonyl (C=O) groups is 1. The van der Waals surface area contributed by atoms with Crippen LogP contribution in [0.3, 0.4) is 0 Å². The molecular formula is C19H26F3NOS. The number of H-pyrrole nitrogens is 1. The predicted molar refractivity (Wildman–Crippen MR) is 101 cm³/mol. The highest BCUT2D eigenvalue weighted by Crippen LogP contribution is 2.35. The van der Waals surface area contributed by atoms with Gasteiger partial charge in [0.2, 0.25) is 0 Å². The summed E-state index contributed by atoms with van der Waals surface area (Å²) in [5.41, 5.74) is -0.0267. The molecule has 0 aliphatic rings. The van der Waals surface area contributed by atoms with E-state index in [1.807, 2.05) is 34.6 Å². The van der Waals surface area contributed by atoms with Crippen LogP contribution in [0, 0.1) is 11.6 Å². The summed E-state index contributed by atoms with van der Waals surface area (Å²) in [6, 6.07) is 3.90. The van der Waals surface area contributed by atoms with Gasteiger partial charge in [0.25, 0.3) is 0 Å². The van der Waals surface area contributed by atoms with Crippen LogP contribution in [0.2, 0.25) is 0 Å². The number of alkyl halides is 3. The van der Waals surface area contributed by atoms with E-state index in [2.05, 4.69) is 4.98 Å². The maximum Gasteiger partial charge on any atom is 0.418 e. The Balaban J connectivity index is 0.00000134. The van der Waals surface area contributed by atoms with Crippen LogP contribution in [0.5, 0.6) is 0 Å². The van der Waals surface area contributed by atoms with Crippen molar-refractivity contribution in [3.63, 3.8) is 0 Å². The predicted octanol–water partition coefficient (Wildman–Crippen LogP) is 7.26. The number of rotatable bonds is 3. The SMILES string of the molecule is CC.CC.CCCC(=O)c1c(C)c2cccc(C(F)(F)F)c2[nH]c1=S. The summed E-state index contributed by atoms with van der Waals surface area (Å²) in [6.45, 7) is 11.5. The van der Waals surface area contributed by atoms with Gasteiger partial charge in [-0.3, -0.25) is 4.79 Å². The molecule has 0 amide bonds. The summed E-state index contributed by atoms with van der Waals surface area (Å²) >= 11 is 5.10. The molecule has 0 radical (unpaired) electrons. The van der Waals surface area contributed by atoms with Gasteiger partial charge in [0, 0.05) is 11.8 Å². The molecule has 0 aliphatic carbocycles. The van der Waals surface area contributed by atoms with Crippen molar-refractivity contribution in [2.45, 2.75) is 60.6 Å². The molecule has 0 spiro atoms. The molecule has 0 unspecified atom stereocenters. The molecule has 1 N–H and O–H groups in total. The first-order chi connectivity index (χ1) is 11.8. The number of carbonyl (C=O) groups excluding carboxylic acids is 1. The molecule has 0 fully saturated rings. The van der Waals surface area contributed by atoms with E-state index in [0.717, 1.165) is 6.07 Å². The van der Waals surface area contributed by atoms with Gasteiger partial charge in [-0.05, 0) is 25.0 Å². The van der Waals surface area contributed by atoms with Crippen LogP contribution in [-0.2, 0) is 6.18 Å². The van der Waals surface area contributed by atoms with Crippen molar-refractivity contribution < 1.29 is 18.0 Å². The van der Waals surface area contributed by atoms with Crippen molar-refractivity contribution in [1.82, 2.24) is 4.98 Å². The van der Waals surface area contributed by atoms with E-state index < -0.39 is 11.7 Å². The van der Waals surface area contributed by atoms with Gasteiger partial charge in [0.15, 0.2) is 5.78 Å². The number of aromatic amines is 1. The molecular weight excluding hydrogens is 347 g/mol. The van der Waals surface area contributed by atoms with Gasteiger partial charge >= 0.3 is 6.18 Å². The summed E-state index contributed by atoms with van der Waals surface area (Å²) < 4.78 is 39.2. The molecule has 0 atom stereocenters. The van der Waals surface area contributed by atoms with E-state index in [-0.39, 0.29) is 15.9 Å². The summed E-state index contributed by atoms with van der Waals surface area (Å²) in [5, 5.41) is 0.373. The molecule has 0 aliphatic heterocycles. The zero-order chi connectivity index (χ0) is 19.8. The zero-order valence-electron chi connectivity index (χ0n) is 15.6. The van der Waals surface area contributed by atoms with E-state index >= 15 is 0 Å². The van der Waals surface area contributed by atoms with Gasteiger partial charge in [-0.25, -0.2) is 0 Å². The smallest absolute Gasteiger partial charge is 0.345 e. The van der Waals surface area contributed by atoms with Crippen LogP contribution in [0.1, 0.15) is 68.9 Å². The number of ketones is 1. The average Bonchev–Trinajstić information content (AvgIpc) is 2.57. The maximum absolute atomic E-state index is 13.0. The fraction of sp³-hybridized carbons (Fsp3) is 0.474. The van der Waals surface area contributed by atoms with Crippen molar-refractivity contribution in [3.05, 3.63) is 39.5 Å². The van der Waals surface area contributed by atoms with E-state index in [0.29, 0.717) is 29.4 Å². The number of aromatic nitrogens is 1. The molecule has 1 heterocycles. The molecule has 6 heteroatoms. The highest BCUT2D eigenvalue weighted by atomic mass is 32.1. The Labute approximate surface area is 152 Å². The molecule has 1 aromatic carbocycles. The Morgan fingerprint density at radius 1 is 1.16 bits per heavy atom. The first-order valence-corrected chi connectivity index (χ1v) is 8.94. The number of nitrogens with one attached hydrogen (secondary N) is 1. The van der Waals surface area contributed by atoms with Gasteiger partial charge in [0.1, 0.15) is 4.64 Å². The monoisotopic (exact) mass is 373 g/mol. The van der Waals surface area contributed by atoms with Crippen molar-refractivity contribution in [2.75, 3.05) is 0 Å². The van der Waals surface area contributed by atoms with Gasteiger partial charge in [-0.1, -0.05) is 59.0 Å². The molecule has 0 saturated carbocycles. The lowest BCUT2D eigenvalue weighted by atomic mass is 9.98. The lowest BCUT2D eigenvalue weighted by molar-refractivity contribution is -0.136. The van der Waals surface area contributed by atoms with Crippen molar-refractivity contribution in [1.29, 1.82) is 0 Å². The highest BCUT2D eigenvalue weighted by Gasteiger charge is 2.33. The molecule has 2 aromatic rings. The van der Waals surface area contributed by atoms with E-state index in [1.165, 1.54) is 6.07 Å². The van der Waals surface area contributed by atoms with Crippen LogP contribution >= 0.6 is 12.2 Å². The fourth-order valence-corrected chi connectivity index (χ4v) is 2.77. The second-order valence-corrected chi connectivity index (χ2v) is 5.26. The third-order valence-electron chi connectivity index (χ3n) is 3.37. The maximum atomic E-state index is 13.0. The van der Waals surface area contributed by atoms with Gasteiger partial charge < -0.3 is 4.98 Å². The van der Waals surface area contributed by atoms with E-state index in [9.17, 15) is 18.0 Å². The summed E-state index contributed by atoms with van der Waals surface area (Å²) in [7, 11) is 0. The van der Waals surface area contributed by atoms with Gasteiger partial charge in [-0.2, -0.15) is 13.2 Å².